The predicted octanol–water partition coefficient (Wildman–Crippen LogP) is 3.20. The third-order valence-corrected chi connectivity index (χ3v) is 8.09. The molecule has 3 atom stereocenters. The molecule has 1 aromatic heterocycles. The van der Waals surface area contributed by atoms with Gasteiger partial charge < -0.3 is 5.32 Å². The molecule has 30 heavy (non-hydrogen) atoms. The van der Waals surface area contributed by atoms with Gasteiger partial charge in [-0.05, 0) is 56.1 Å². The molecule has 164 valence electrons. The molecular weight excluding hydrogens is 398 g/mol. The van der Waals surface area contributed by atoms with Gasteiger partial charge in [-0.2, -0.15) is 0 Å². The summed E-state index contributed by atoms with van der Waals surface area (Å²) in [5.74, 6) is 0.280. The van der Waals surface area contributed by atoms with Gasteiger partial charge in [0.1, 0.15) is 0 Å². The molecule has 0 aromatic carbocycles. The highest BCUT2D eigenvalue weighted by atomic mass is 32.1. The molecular formula is C23H33N3O3S. The van der Waals surface area contributed by atoms with E-state index in [-0.39, 0.29) is 48.6 Å². The van der Waals surface area contributed by atoms with Gasteiger partial charge in [0.25, 0.3) is 0 Å². The summed E-state index contributed by atoms with van der Waals surface area (Å²) < 4.78 is 0. The molecule has 0 unspecified atom stereocenters. The Kier molecular flexibility index (Phi) is 6.88. The van der Waals surface area contributed by atoms with E-state index >= 15 is 0 Å². The molecule has 1 N–H and O–H groups in total. The van der Waals surface area contributed by atoms with E-state index in [2.05, 4.69) is 34.7 Å². The molecule has 4 rings (SSSR count). The molecule has 0 radical (unpaired) electrons. The summed E-state index contributed by atoms with van der Waals surface area (Å²) in [6.07, 6.45) is 6.24. The van der Waals surface area contributed by atoms with E-state index in [4.69, 9.17) is 0 Å². The van der Waals surface area contributed by atoms with E-state index < -0.39 is 0 Å². The zero-order chi connectivity index (χ0) is 21.1. The molecule has 2 aliphatic heterocycles. The second-order valence-electron chi connectivity index (χ2n) is 9.13. The van der Waals surface area contributed by atoms with Gasteiger partial charge in [-0.1, -0.05) is 25.8 Å². The summed E-state index contributed by atoms with van der Waals surface area (Å²) in [4.78, 5) is 42.8. The Balaban J connectivity index is 1.30. The van der Waals surface area contributed by atoms with E-state index in [1.54, 1.807) is 11.3 Å². The van der Waals surface area contributed by atoms with Gasteiger partial charge in [0, 0.05) is 24.4 Å². The second kappa shape index (κ2) is 9.60. The molecule has 3 amide bonds. The Morgan fingerprint density at radius 2 is 1.80 bits per heavy atom. The first-order valence-electron chi connectivity index (χ1n) is 11.4. The number of carbonyl (C=O) groups is 3. The van der Waals surface area contributed by atoms with Gasteiger partial charge in [0.15, 0.2) is 0 Å². The minimum Gasteiger partial charge on any atom is -0.354 e. The number of imide groups is 1. The lowest BCUT2D eigenvalue weighted by atomic mass is 9.81. The van der Waals surface area contributed by atoms with Crippen LogP contribution < -0.4 is 5.32 Å². The predicted molar refractivity (Wildman–Crippen MR) is 117 cm³/mol. The number of nitrogens with one attached hydrogen (secondary N) is 1. The van der Waals surface area contributed by atoms with Crippen molar-refractivity contribution >= 4 is 29.1 Å². The molecule has 3 fully saturated rings. The summed E-state index contributed by atoms with van der Waals surface area (Å²) in [5.41, 5.74) is 0. The minimum absolute atomic E-state index is 0.0589. The average Bonchev–Trinajstić information content (AvgIpc) is 3.36. The number of amides is 3. The second-order valence-corrected chi connectivity index (χ2v) is 10.1. The van der Waals surface area contributed by atoms with Crippen LogP contribution in [0.3, 0.4) is 0 Å². The summed E-state index contributed by atoms with van der Waals surface area (Å²) in [7, 11) is 0. The van der Waals surface area contributed by atoms with Gasteiger partial charge in [0.05, 0.1) is 17.9 Å². The summed E-state index contributed by atoms with van der Waals surface area (Å²) >= 11 is 1.73. The third kappa shape index (κ3) is 4.62. The van der Waals surface area contributed by atoms with Crippen molar-refractivity contribution in [3.63, 3.8) is 0 Å². The van der Waals surface area contributed by atoms with Crippen LogP contribution >= 0.6 is 11.3 Å². The Bertz CT molecular complexity index is 734. The number of hydrogen-bond donors (Lipinski definition) is 1. The quantitative estimate of drug-likeness (QED) is 0.673. The number of hydrogen-bond acceptors (Lipinski definition) is 5. The maximum absolute atomic E-state index is 12.6. The van der Waals surface area contributed by atoms with Gasteiger partial charge in [-0.3, -0.25) is 24.2 Å². The van der Waals surface area contributed by atoms with E-state index in [0.29, 0.717) is 6.54 Å². The van der Waals surface area contributed by atoms with Crippen molar-refractivity contribution in [3.8, 4) is 0 Å². The first-order valence-corrected chi connectivity index (χ1v) is 12.3. The van der Waals surface area contributed by atoms with Crippen LogP contribution in [0.15, 0.2) is 17.5 Å². The van der Waals surface area contributed by atoms with Crippen molar-refractivity contribution in [3.05, 3.63) is 22.4 Å². The number of rotatable bonds is 7. The van der Waals surface area contributed by atoms with Crippen molar-refractivity contribution in [1.82, 2.24) is 15.1 Å². The van der Waals surface area contributed by atoms with Crippen molar-refractivity contribution in [2.24, 2.45) is 17.8 Å². The van der Waals surface area contributed by atoms with Gasteiger partial charge in [-0.25, -0.2) is 0 Å². The fourth-order valence-corrected chi connectivity index (χ4v) is 6.06. The number of thiophene rings is 1. The fourth-order valence-electron chi connectivity index (χ4n) is 5.19. The van der Waals surface area contributed by atoms with Crippen molar-refractivity contribution < 1.29 is 14.4 Å². The average molecular weight is 432 g/mol. The molecule has 6 nitrogen and oxygen atoms in total. The number of carbonyl (C=O) groups excluding carboxylic acids is 3. The fraction of sp³-hybridized carbons (Fsp3) is 0.696. The van der Waals surface area contributed by atoms with E-state index in [1.807, 2.05) is 0 Å². The van der Waals surface area contributed by atoms with Crippen LogP contribution in [0.1, 0.15) is 62.8 Å². The standard InChI is InChI=1S/C23H33N3O3S/c1-16-8-11-25(12-9-16)19(20-7-4-14-30-20)15-24-21(27)10-13-26-22(28)17-5-2-3-6-18(17)23(26)29/h4,7,14,16-19H,2-3,5-6,8-13,15H2,1H3,(H,24,27)/t17-,18+,19-/m1/s1. The Hall–Kier alpha value is -1.73. The lowest BCUT2D eigenvalue weighted by Gasteiger charge is -2.36. The SMILES string of the molecule is CC1CCN([C@H](CNC(=O)CCN2C(=O)[C@H]3CCCC[C@H]3C2=O)c2cccs2)CC1. The smallest absolute Gasteiger partial charge is 0.233 e. The largest absolute Gasteiger partial charge is 0.354 e. The molecule has 1 aliphatic carbocycles. The van der Waals surface area contributed by atoms with Crippen LogP contribution in [-0.4, -0.2) is 53.7 Å². The first-order chi connectivity index (χ1) is 14.5. The maximum Gasteiger partial charge on any atom is 0.233 e. The van der Waals surface area contributed by atoms with Crippen molar-refractivity contribution in [1.29, 1.82) is 0 Å². The molecule has 0 bridgehead atoms. The maximum atomic E-state index is 12.6. The number of nitrogens with zero attached hydrogens (tertiary/aromatic N) is 2. The summed E-state index contributed by atoms with van der Waals surface area (Å²) in [5, 5.41) is 5.16. The molecule has 2 saturated heterocycles. The van der Waals surface area contributed by atoms with Crippen LogP contribution in [0.5, 0.6) is 0 Å². The highest BCUT2D eigenvalue weighted by Crippen LogP contribution is 2.38. The third-order valence-electron chi connectivity index (χ3n) is 7.12. The molecule has 3 aliphatic rings. The topological polar surface area (TPSA) is 69.7 Å². The Morgan fingerprint density at radius 1 is 1.13 bits per heavy atom. The van der Waals surface area contributed by atoms with E-state index in [0.717, 1.165) is 44.7 Å². The lowest BCUT2D eigenvalue weighted by Crippen LogP contribution is -2.42. The van der Waals surface area contributed by atoms with E-state index in [9.17, 15) is 14.4 Å². The summed E-state index contributed by atoms with van der Waals surface area (Å²) in [6.45, 7) is 5.19. The van der Waals surface area contributed by atoms with Crippen LogP contribution in [0.2, 0.25) is 0 Å². The lowest BCUT2D eigenvalue weighted by molar-refractivity contribution is -0.140. The van der Waals surface area contributed by atoms with Crippen molar-refractivity contribution in [2.45, 2.75) is 57.9 Å². The number of fused-ring (bicyclic) bond motifs is 1. The Labute approximate surface area is 183 Å². The number of piperidine rings is 1. The van der Waals surface area contributed by atoms with Crippen molar-refractivity contribution in [2.75, 3.05) is 26.2 Å². The van der Waals surface area contributed by atoms with E-state index in [1.165, 1.54) is 22.6 Å². The monoisotopic (exact) mass is 431 g/mol. The zero-order valence-electron chi connectivity index (χ0n) is 17.8. The van der Waals surface area contributed by atoms with Crippen LogP contribution in [0, 0.1) is 17.8 Å². The molecule has 1 saturated carbocycles. The van der Waals surface area contributed by atoms with Crippen LogP contribution in [0.4, 0.5) is 0 Å². The zero-order valence-corrected chi connectivity index (χ0v) is 18.7. The first kappa shape index (κ1) is 21.5. The van der Waals surface area contributed by atoms with Gasteiger partial charge in [0.2, 0.25) is 17.7 Å². The summed E-state index contributed by atoms with van der Waals surface area (Å²) in [6, 6.07) is 4.40. The highest BCUT2D eigenvalue weighted by molar-refractivity contribution is 7.10. The Morgan fingerprint density at radius 3 is 2.40 bits per heavy atom. The van der Waals surface area contributed by atoms with Gasteiger partial charge >= 0.3 is 0 Å². The molecule has 3 heterocycles. The molecule has 7 heteroatoms. The van der Waals surface area contributed by atoms with Crippen LogP contribution in [0.25, 0.3) is 0 Å². The van der Waals surface area contributed by atoms with Crippen LogP contribution in [-0.2, 0) is 14.4 Å². The highest BCUT2D eigenvalue weighted by Gasteiger charge is 2.47. The molecule has 0 spiro atoms. The normalized spacial score (nSPS) is 26.6. The molecule has 1 aromatic rings. The minimum atomic E-state index is -0.140. The van der Waals surface area contributed by atoms with Gasteiger partial charge in [-0.15, -0.1) is 11.3 Å². The number of likely N-dealkylation sites (tertiary alicyclic amines) is 2.